The van der Waals surface area contributed by atoms with Gasteiger partial charge >= 0.3 is 0 Å². The number of hydrogen-bond acceptors (Lipinski definition) is 5. The van der Waals surface area contributed by atoms with Crippen LogP contribution in [0.25, 0.3) is 92.0 Å². The number of rotatable bonds is 2. The fourth-order valence-corrected chi connectivity index (χ4v) is 7.95. The predicted octanol–water partition coefficient (Wildman–Crippen LogP) is 10.1. The van der Waals surface area contributed by atoms with E-state index in [1.807, 2.05) is 47.9 Å². The molecule has 43 heavy (non-hydrogen) atoms. The smallest absolute Gasteiger partial charge is 0.236 e. The summed E-state index contributed by atoms with van der Waals surface area (Å²) < 4.78 is 11.2. The minimum atomic E-state index is 0.605. The summed E-state index contributed by atoms with van der Waals surface area (Å²) >= 11 is 1.86. The van der Waals surface area contributed by atoms with E-state index in [4.69, 9.17) is 14.4 Å². The number of hydrogen-bond donors (Lipinski definition) is 0. The van der Waals surface area contributed by atoms with E-state index in [1.54, 1.807) is 6.20 Å². The SMILES string of the molecule is c1cncc(-c2nc(-n3c4ccccc4c4c5c6ccccc6sc5c5ccccc5c43)nc3c2oc2ccccc23)c1. The Balaban J connectivity index is 1.46. The summed E-state index contributed by atoms with van der Waals surface area (Å²) in [6.45, 7) is 0. The van der Waals surface area contributed by atoms with Crippen molar-refractivity contribution in [1.82, 2.24) is 19.5 Å². The maximum atomic E-state index is 6.39. The number of benzene rings is 5. The van der Waals surface area contributed by atoms with Crippen molar-refractivity contribution in [1.29, 1.82) is 0 Å². The van der Waals surface area contributed by atoms with Crippen LogP contribution in [0.1, 0.15) is 0 Å². The molecule has 5 aromatic heterocycles. The summed E-state index contributed by atoms with van der Waals surface area (Å²) in [5, 5.41) is 8.34. The number of furan rings is 1. The first-order chi connectivity index (χ1) is 21.3. The maximum Gasteiger partial charge on any atom is 0.236 e. The lowest BCUT2D eigenvalue weighted by Gasteiger charge is -2.11. The zero-order valence-electron chi connectivity index (χ0n) is 22.7. The molecule has 5 aromatic carbocycles. The molecule has 200 valence electrons. The summed E-state index contributed by atoms with van der Waals surface area (Å²) in [6, 6.07) is 38.1. The van der Waals surface area contributed by atoms with E-state index in [-0.39, 0.29) is 0 Å². The van der Waals surface area contributed by atoms with E-state index < -0.39 is 0 Å². The Kier molecular flexibility index (Phi) is 4.54. The van der Waals surface area contributed by atoms with Gasteiger partial charge in [-0.05, 0) is 36.4 Å². The lowest BCUT2D eigenvalue weighted by Crippen LogP contribution is -2.03. The molecule has 5 heterocycles. The molecule has 0 bridgehead atoms. The Hall–Kier alpha value is -5.59. The first-order valence-electron chi connectivity index (χ1n) is 14.2. The molecule has 0 aliphatic carbocycles. The van der Waals surface area contributed by atoms with Crippen molar-refractivity contribution in [2.75, 3.05) is 0 Å². The number of pyridine rings is 1. The van der Waals surface area contributed by atoms with Gasteiger partial charge in [0.2, 0.25) is 5.95 Å². The Morgan fingerprint density at radius 2 is 1.37 bits per heavy atom. The summed E-state index contributed by atoms with van der Waals surface area (Å²) in [6.07, 6.45) is 3.61. The van der Waals surface area contributed by atoms with Crippen LogP contribution in [0.15, 0.2) is 126 Å². The second-order valence-corrected chi connectivity index (χ2v) is 11.9. The van der Waals surface area contributed by atoms with Crippen molar-refractivity contribution in [3.63, 3.8) is 0 Å². The molecule has 0 aliphatic heterocycles. The number of nitrogens with zero attached hydrogens (tertiary/aromatic N) is 4. The Morgan fingerprint density at radius 1 is 0.628 bits per heavy atom. The van der Waals surface area contributed by atoms with Crippen molar-refractivity contribution in [3.8, 4) is 17.2 Å². The number of aromatic nitrogens is 4. The van der Waals surface area contributed by atoms with E-state index in [9.17, 15) is 0 Å². The lowest BCUT2D eigenvalue weighted by atomic mass is 10.00. The van der Waals surface area contributed by atoms with Gasteiger partial charge in [0.1, 0.15) is 16.8 Å². The molecular formula is C37H20N4OS. The molecule has 6 heteroatoms. The monoisotopic (exact) mass is 568 g/mol. The van der Waals surface area contributed by atoms with E-state index in [1.165, 1.54) is 41.7 Å². The van der Waals surface area contributed by atoms with Gasteiger partial charge in [-0.3, -0.25) is 9.55 Å². The van der Waals surface area contributed by atoms with Crippen molar-refractivity contribution < 1.29 is 4.42 Å². The van der Waals surface area contributed by atoms with Crippen LogP contribution in [0.4, 0.5) is 0 Å². The first-order valence-corrected chi connectivity index (χ1v) is 15.0. The minimum absolute atomic E-state index is 0.605. The van der Waals surface area contributed by atoms with Gasteiger partial charge in [0.05, 0.1) is 11.0 Å². The van der Waals surface area contributed by atoms with Crippen LogP contribution in [-0.2, 0) is 0 Å². The summed E-state index contributed by atoms with van der Waals surface area (Å²) in [5.41, 5.74) is 6.01. The van der Waals surface area contributed by atoms with Crippen LogP contribution in [0.2, 0.25) is 0 Å². The molecule has 0 radical (unpaired) electrons. The zero-order chi connectivity index (χ0) is 28.1. The third-order valence-corrected chi connectivity index (χ3v) is 9.69. The van der Waals surface area contributed by atoms with E-state index in [2.05, 4.69) is 88.4 Å². The third-order valence-electron chi connectivity index (χ3n) is 8.49. The van der Waals surface area contributed by atoms with Crippen LogP contribution < -0.4 is 0 Å². The topological polar surface area (TPSA) is 56.7 Å². The second-order valence-electron chi connectivity index (χ2n) is 10.8. The average Bonchev–Trinajstić information content (AvgIpc) is 3.75. The Bertz CT molecular complexity index is 2740. The van der Waals surface area contributed by atoms with Crippen LogP contribution in [0.5, 0.6) is 0 Å². The second kappa shape index (κ2) is 8.47. The fourth-order valence-electron chi connectivity index (χ4n) is 6.70. The van der Waals surface area contributed by atoms with Crippen LogP contribution in [-0.4, -0.2) is 19.5 Å². The van der Waals surface area contributed by atoms with Crippen molar-refractivity contribution in [2.24, 2.45) is 0 Å². The molecular weight excluding hydrogens is 549 g/mol. The molecule has 0 N–H and O–H groups in total. The first kappa shape index (κ1) is 23.0. The van der Waals surface area contributed by atoms with Gasteiger partial charge in [-0.25, -0.2) is 9.97 Å². The molecule has 0 amide bonds. The molecule has 0 fully saturated rings. The zero-order valence-corrected chi connectivity index (χ0v) is 23.5. The summed E-state index contributed by atoms with van der Waals surface area (Å²) in [7, 11) is 0. The van der Waals surface area contributed by atoms with Gasteiger partial charge in [-0.2, -0.15) is 0 Å². The molecule has 0 unspecified atom stereocenters. The lowest BCUT2D eigenvalue weighted by molar-refractivity contribution is 0.666. The molecule has 0 saturated carbocycles. The highest BCUT2D eigenvalue weighted by atomic mass is 32.1. The average molecular weight is 569 g/mol. The fraction of sp³-hybridized carbons (Fsp3) is 0. The highest BCUT2D eigenvalue weighted by Crippen LogP contribution is 2.48. The number of para-hydroxylation sites is 2. The highest BCUT2D eigenvalue weighted by molar-refractivity contribution is 7.27. The molecule has 0 saturated heterocycles. The molecule has 10 rings (SSSR count). The predicted molar refractivity (Wildman–Crippen MR) is 177 cm³/mol. The standard InChI is InChI=1S/C37H20N4OS/c1-2-12-23-22(11-1)34-30(31-26-15-5-8-18-29(26)43-36(23)31)24-13-3-6-16-27(24)41(34)37-39-32(21-10-9-19-38-20-21)35-33(40-37)25-14-4-7-17-28(25)42-35/h1-20H. The van der Waals surface area contributed by atoms with Gasteiger partial charge in [-0.15, -0.1) is 11.3 Å². The molecule has 0 aliphatic rings. The van der Waals surface area contributed by atoms with Gasteiger partial charge in [0.25, 0.3) is 0 Å². The van der Waals surface area contributed by atoms with Crippen molar-refractivity contribution in [2.45, 2.75) is 0 Å². The Morgan fingerprint density at radius 3 is 2.23 bits per heavy atom. The third kappa shape index (κ3) is 3.07. The highest BCUT2D eigenvalue weighted by Gasteiger charge is 2.24. The van der Waals surface area contributed by atoms with Crippen molar-refractivity contribution >= 4 is 86.2 Å². The molecule has 0 spiro atoms. The van der Waals surface area contributed by atoms with Crippen LogP contribution in [0, 0.1) is 0 Å². The van der Waals surface area contributed by atoms with Crippen LogP contribution >= 0.6 is 11.3 Å². The van der Waals surface area contributed by atoms with Gasteiger partial charge in [0.15, 0.2) is 5.58 Å². The molecule has 5 nitrogen and oxygen atoms in total. The quantitative estimate of drug-likeness (QED) is 0.208. The number of fused-ring (bicyclic) bond motifs is 13. The van der Waals surface area contributed by atoms with Crippen LogP contribution in [0.3, 0.4) is 0 Å². The largest absolute Gasteiger partial charge is 0.452 e. The minimum Gasteiger partial charge on any atom is -0.452 e. The number of thiophene rings is 1. The summed E-state index contributed by atoms with van der Waals surface area (Å²) in [4.78, 5) is 14.9. The summed E-state index contributed by atoms with van der Waals surface area (Å²) in [5.74, 6) is 0.605. The van der Waals surface area contributed by atoms with E-state index in [0.29, 0.717) is 11.5 Å². The normalized spacial score (nSPS) is 12.2. The molecule has 0 atom stereocenters. The molecule has 10 aromatic rings. The van der Waals surface area contributed by atoms with E-state index in [0.717, 1.165) is 38.8 Å². The van der Waals surface area contributed by atoms with Crippen molar-refractivity contribution in [3.05, 3.63) is 122 Å². The van der Waals surface area contributed by atoms with Gasteiger partial charge in [-0.1, -0.05) is 72.8 Å². The Labute approximate surface area is 248 Å². The van der Waals surface area contributed by atoms with Gasteiger partial charge in [0, 0.05) is 65.1 Å². The van der Waals surface area contributed by atoms with Gasteiger partial charge < -0.3 is 4.42 Å². The van der Waals surface area contributed by atoms with E-state index >= 15 is 0 Å². The maximum absolute atomic E-state index is 6.39.